The summed E-state index contributed by atoms with van der Waals surface area (Å²) in [4.78, 5) is 0. The van der Waals surface area contributed by atoms with Crippen LogP contribution in [0.2, 0.25) is 0 Å². The topological polar surface area (TPSA) is 63.0 Å². The van der Waals surface area contributed by atoms with Crippen molar-refractivity contribution in [1.29, 1.82) is 0 Å². The van der Waals surface area contributed by atoms with Crippen molar-refractivity contribution in [1.82, 2.24) is 0 Å². The van der Waals surface area contributed by atoms with Crippen LogP contribution >= 0.6 is 7.26 Å². The van der Waals surface area contributed by atoms with Crippen LogP contribution in [0.4, 0.5) is 0 Å². The second-order valence-corrected chi connectivity index (χ2v) is 9.42. The molecule has 0 radical (unpaired) electrons. The number of benzene rings is 4. The van der Waals surface area contributed by atoms with Gasteiger partial charge in [0.05, 0.1) is 0 Å². The van der Waals surface area contributed by atoms with Crippen LogP contribution in [0.1, 0.15) is 0 Å². The van der Waals surface area contributed by atoms with E-state index in [0.29, 0.717) is 0 Å². The van der Waals surface area contributed by atoms with E-state index >= 15 is 0 Å². The third kappa shape index (κ3) is 4.16. The van der Waals surface area contributed by atoms with E-state index in [9.17, 15) is 0 Å². The molecular formula is C24H24ClO2P. The van der Waals surface area contributed by atoms with Crippen molar-refractivity contribution in [3.05, 3.63) is 121 Å². The minimum atomic E-state index is -1.91. The zero-order valence-corrected chi connectivity index (χ0v) is 17.0. The lowest BCUT2D eigenvalue weighted by Gasteiger charge is -2.27. The van der Waals surface area contributed by atoms with E-state index in [1.54, 1.807) is 0 Å². The fourth-order valence-electron chi connectivity index (χ4n) is 3.50. The smallest absolute Gasteiger partial charge is 0.144 e. The van der Waals surface area contributed by atoms with Crippen LogP contribution in [0.5, 0.6) is 0 Å². The average Bonchev–Trinajstić information content (AvgIpc) is 2.72. The monoisotopic (exact) mass is 410 g/mol. The Morgan fingerprint density at radius 1 is 0.321 bits per heavy atom. The van der Waals surface area contributed by atoms with Crippen molar-refractivity contribution in [3.8, 4) is 0 Å². The summed E-state index contributed by atoms with van der Waals surface area (Å²) in [5.74, 6) is 0. The molecule has 4 aromatic carbocycles. The highest BCUT2D eigenvalue weighted by atomic mass is 35.5. The van der Waals surface area contributed by atoms with Gasteiger partial charge in [-0.15, -0.1) is 0 Å². The Labute approximate surface area is 173 Å². The van der Waals surface area contributed by atoms with Crippen molar-refractivity contribution in [2.24, 2.45) is 0 Å². The standard InChI is InChI=1S/C24H20P.ClH.2H2O/c1-5-13-21(14-6-1)25(22-15-7-2-8-16-22,23-17-9-3-10-18-23)24-19-11-4-12-20-24;;;/h1-20H;1H;2*1H2/q+1;;;/p-1. The number of hydrogen-bond acceptors (Lipinski definition) is 0. The van der Waals surface area contributed by atoms with Crippen molar-refractivity contribution in [3.63, 3.8) is 0 Å². The highest BCUT2D eigenvalue weighted by Crippen LogP contribution is 2.53. The van der Waals surface area contributed by atoms with Crippen LogP contribution < -0.4 is 33.6 Å². The van der Waals surface area contributed by atoms with Gasteiger partial charge in [0.15, 0.2) is 0 Å². The molecule has 0 unspecified atom stereocenters. The van der Waals surface area contributed by atoms with E-state index in [1.165, 1.54) is 21.2 Å². The summed E-state index contributed by atoms with van der Waals surface area (Å²) in [6, 6.07) is 43.8. The molecule has 4 rings (SSSR count). The van der Waals surface area contributed by atoms with Crippen molar-refractivity contribution < 1.29 is 23.4 Å². The quantitative estimate of drug-likeness (QED) is 0.413. The van der Waals surface area contributed by atoms with Crippen molar-refractivity contribution >= 4 is 28.5 Å². The van der Waals surface area contributed by atoms with E-state index in [-0.39, 0.29) is 23.4 Å². The SMILES string of the molecule is O.O.[Cl-].c1ccc([P+](c2ccccc2)(c2ccccc2)c2ccccc2)cc1. The molecule has 4 N–H and O–H groups in total. The molecule has 2 nitrogen and oxygen atoms in total. The molecule has 144 valence electrons. The van der Waals surface area contributed by atoms with Crippen LogP contribution in [0.15, 0.2) is 121 Å². The molecule has 0 aliphatic carbocycles. The first-order valence-electron chi connectivity index (χ1n) is 8.54. The first-order chi connectivity index (χ1) is 12.4. The van der Waals surface area contributed by atoms with E-state index in [0.717, 1.165) is 0 Å². The van der Waals surface area contributed by atoms with Crippen LogP contribution in [-0.2, 0) is 0 Å². The molecule has 4 aromatic rings. The Hall–Kier alpha value is -2.48. The summed E-state index contributed by atoms with van der Waals surface area (Å²) >= 11 is 0. The maximum atomic E-state index is 2.28. The van der Waals surface area contributed by atoms with Gasteiger partial charge in [0.1, 0.15) is 28.5 Å². The van der Waals surface area contributed by atoms with Crippen LogP contribution in [0.25, 0.3) is 0 Å². The first kappa shape index (κ1) is 23.6. The third-order valence-corrected chi connectivity index (χ3v) is 8.86. The molecule has 0 aliphatic heterocycles. The molecule has 28 heavy (non-hydrogen) atoms. The fraction of sp³-hybridized carbons (Fsp3) is 0. The predicted octanol–water partition coefficient (Wildman–Crippen LogP) is -0.339. The summed E-state index contributed by atoms with van der Waals surface area (Å²) in [6.45, 7) is 0. The van der Waals surface area contributed by atoms with E-state index in [4.69, 9.17) is 0 Å². The van der Waals surface area contributed by atoms with Gasteiger partial charge >= 0.3 is 0 Å². The molecular weight excluding hydrogens is 387 g/mol. The summed E-state index contributed by atoms with van der Waals surface area (Å²) < 4.78 is 0. The Bertz CT molecular complexity index is 770. The number of rotatable bonds is 4. The minimum Gasteiger partial charge on any atom is -1.00 e. The van der Waals surface area contributed by atoms with Crippen molar-refractivity contribution in [2.45, 2.75) is 0 Å². The highest BCUT2D eigenvalue weighted by Gasteiger charge is 2.47. The van der Waals surface area contributed by atoms with Gasteiger partial charge in [-0.25, -0.2) is 0 Å². The van der Waals surface area contributed by atoms with Gasteiger partial charge in [-0.1, -0.05) is 72.8 Å². The highest BCUT2D eigenvalue weighted by molar-refractivity contribution is 8.01. The largest absolute Gasteiger partial charge is 1.00 e. The Morgan fingerprint density at radius 2 is 0.500 bits per heavy atom. The minimum absolute atomic E-state index is 0. The lowest BCUT2D eigenvalue weighted by molar-refractivity contribution is -0.00000713. The van der Waals surface area contributed by atoms with Gasteiger partial charge < -0.3 is 23.4 Å². The van der Waals surface area contributed by atoms with Crippen LogP contribution in [-0.4, -0.2) is 11.0 Å². The van der Waals surface area contributed by atoms with E-state index < -0.39 is 7.26 Å². The van der Waals surface area contributed by atoms with Gasteiger partial charge in [0.2, 0.25) is 0 Å². The van der Waals surface area contributed by atoms with Gasteiger partial charge in [0, 0.05) is 0 Å². The van der Waals surface area contributed by atoms with Gasteiger partial charge in [-0.2, -0.15) is 0 Å². The number of halogens is 1. The molecule has 0 amide bonds. The molecule has 0 saturated carbocycles. The van der Waals surface area contributed by atoms with Crippen LogP contribution in [0, 0.1) is 0 Å². The molecule has 0 bridgehead atoms. The number of hydrogen-bond donors (Lipinski definition) is 0. The first-order valence-corrected chi connectivity index (χ1v) is 10.3. The summed E-state index contributed by atoms with van der Waals surface area (Å²) in [6.07, 6.45) is 0. The second-order valence-electron chi connectivity index (χ2n) is 6.01. The zero-order valence-electron chi connectivity index (χ0n) is 15.4. The third-order valence-electron chi connectivity index (χ3n) is 4.57. The average molecular weight is 411 g/mol. The molecule has 0 aromatic heterocycles. The Morgan fingerprint density at radius 3 is 0.679 bits per heavy atom. The predicted molar refractivity (Wildman–Crippen MR) is 118 cm³/mol. The molecule has 0 spiro atoms. The second kappa shape index (κ2) is 10.8. The maximum absolute atomic E-state index is 2.28. The molecule has 0 heterocycles. The molecule has 0 aliphatic rings. The van der Waals surface area contributed by atoms with Crippen molar-refractivity contribution in [2.75, 3.05) is 0 Å². The summed E-state index contributed by atoms with van der Waals surface area (Å²) in [7, 11) is -1.91. The summed E-state index contributed by atoms with van der Waals surface area (Å²) in [5.41, 5.74) is 0. The fourth-order valence-corrected chi connectivity index (χ4v) is 7.77. The molecule has 0 saturated heterocycles. The molecule has 0 fully saturated rings. The van der Waals surface area contributed by atoms with Gasteiger partial charge in [-0.3, -0.25) is 0 Å². The van der Waals surface area contributed by atoms with Gasteiger partial charge in [0.25, 0.3) is 0 Å². The Balaban J connectivity index is 0.00000131. The normalized spacial score (nSPS) is 10.0. The van der Waals surface area contributed by atoms with E-state index in [2.05, 4.69) is 121 Å². The van der Waals surface area contributed by atoms with E-state index in [1.807, 2.05) is 0 Å². The Kier molecular flexibility index (Phi) is 9.05. The molecule has 0 atom stereocenters. The molecule has 4 heteroatoms. The maximum Gasteiger partial charge on any atom is 0.144 e. The summed E-state index contributed by atoms with van der Waals surface area (Å²) in [5, 5.41) is 5.55. The zero-order chi connectivity index (χ0) is 17.0. The lowest BCUT2D eigenvalue weighted by atomic mass is 10.3. The van der Waals surface area contributed by atoms with Gasteiger partial charge in [-0.05, 0) is 48.5 Å². The lowest BCUT2D eigenvalue weighted by Crippen LogP contribution is -3.00. The van der Waals surface area contributed by atoms with Crippen LogP contribution in [0.3, 0.4) is 0 Å².